The van der Waals surface area contributed by atoms with Crippen molar-refractivity contribution in [2.24, 2.45) is 11.8 Å². The summed E-state index contributed by atoms with van der Waals surface area (Å²) in [6.07, 6.45) is 8.66. The van der Waals surface area contributed by atoms with E-state index in [0.29, 0.717) is 11.9 Å². The molecule has 0 spiro atoms. The van der Waals surface area contributed by atoms with Gasteiger partial charge in [0.15, 0.2) is 11.6 Å². The minimum atomic E-state index is -0.183. The lowest BCUT2D eigenvalue weighted by atomic mass is 9.72. The maximum Gasteiger partial charge on any atom is 0.165 e. The van der Waals surface area contributed by atoms with Gasteiger partial charge in [0.05, 0.1) is 0 Å². The first-order valence-electron chi connectivity index (χ1n) is 8.41. The Bertz CT molecular complexity index is 507. The van der Waals surface area contributed by atoms with Gasteiger partial charge < -0.3 is 4.90 Å². The molecule has 0 aromatic carbocycles. The molecule has 0 amide bonds. The maximum absolute atomic E-state index is 13.9. The fraction of sp³-hybridized carbons (Fsp3) is 0.706. The second-order valence-electron chi connectivity index (χ2n) is 6.94. The van der Waals surface area contributed by atoms with Crippen molar-refractivity contribution in [2.75, 3.05) is 31.1 Å². The van der Waals surface area contributed by atoms with Crippen molar-refractivity contribution >= 4 is 5.82 Å². The summed E-state index contributed by atoms with van der Waals surface area (Å²) in [5, 5.41) is 0. The molecule has 0 N–H and O–H groups in total. The molecule has 3 unspecified atom stereocenters. The zero-order valence-electron chi connectivity index (χ0n) is 12.5. The van der Waals surface area contributed by atoms with Gasteiger partial charge in [-0.05, 0) is 36.8 Å². The molecular formula is C17H24FN3. The van der Waals surface area contributed by atoms with Crippen LogP contribution in [0, 0.1) is 17.7 Å². The molecule has 1 aromatic rings. The zero-order chi connectivity index (χ0) is 14.2. The summed E-state index contributed by atoms with van der Waals surface area (Å²) in [7, 11) is 0. The predicted octanol–water partition coefficient (Wildman–Crippen LogP) is 2.92. The Balaban J connectivity index is 1.48. The molecule has 0 bridgehead atoms. The molecule has 1 saturated carbocycles. The molecule has 1 aliphatic carbocycles. The standard InChI is InChI=1S/C17H24FN3/c18-16-6-3-7-19-17(16)21-9-8-20-11-14-5-2-1-4-13(14)10-15(20)12-21/h3,6-7,13-15H,1-2,4-5,8-12H2. The molecule has 3 nitrogen and oxygen atoms in total. The van der Waals surface area contributed by atoms with Crippen LogP contribution in [0.5, 0.6) is 0 Å². The van der Waals surface area contributed by atoms with Crippen LogP contribution in [0.15, 0.2) is 18.3 Å². The molecule has 114 valence electrons. The highest BCUT2D eigenvalue weighted by Gasteiger charge is 2.39. The van der Waals surface area contributed by atoms with Gasteiger partial charge in [-0.15, -0.1) is 0 Å². The van der Waals surface area contributed by atoms with Crippen LogP contribution in [-0.2, 0) is 0 Å². The summed E-state index contributed by atoms with van der Waals surface area (Å²) in [5.41, 5.74) is 0. The van der Waals surface area contributed by atoms with Crippen molar-refractivity contribution in [1.82, 2.24) is 9.88 Å². The SMILES string of the molecule is Fc1cccnc1N1CCN2CC3CCCCC3CC2C1. The number of piperidine rings is 1. The number of hydrogen-bond acceptors (Lipinski definition) is 3. The number of piperazine rings is 1. The van der Waals surface area contributed by atoms with Crippen molar-refractivity contribution in [3.63, 3.8) is 0 Å². The van der Waals surface area contributed by atoms with E-state index in [9.17, 15) is 4.39 Å². The molecule has 21 heavy (non-hydrogen) atoms. The molecule has 1 aromatic heterocycles. The second kappa shape index (κ2) is 5.56. The number of rotatable bonds is 1. The van der Waals surface area contributed by atoms with E-state index in [2.05, 4.69) is 14.8 Å². The predicted molar refractivity (Wildman–Crippen MR) is 81.8 cm³/mol. The lowest BCUT2D eigenvalue weighted by molar-refractivity contribution is 0.0318. The topological polar surface area (TPSA) is 19.4 Å². The molecule has 4 heteroatoms. The first-order valence-corrected chi connectivity index (χ1v) is 8.41. The van der Waals surface area contributed by atoms with Crippen LogP contribution in [0.1, 0.15) is 32.1 Å². The lowest BCUT2D eigenvalue weighted by Crippen LogP contribution is -2.59. The van der Waals surface area contributed by atoms with E-state index >= 15 is 0 Å². The fourth-order valence-electron chi connectivity index (χ4n) is 4.65. The lowest BCUT2D eigenvalue weighted by Gasteiger charge is -2.50. The van der Waals surface area contributed by atoms with Gasteiger partial charge in [-0.1, -0.05) is 19.3 Å². The third-order valence-electron chi connectivity index (χ3n) is 5.75. The summed E-state index contributed by atoms with van der Waals surface area (Å²) < 4.78 is 13.9. The van der Waals surface area contributed by atoms with E-state index in [-0.39, 0.29) is 5.82 Å². The van der Waals surface area contributed by atoms with E-state index in [1.807, 2.05) is 0 Å². The van der Waals surface area contributed by atoms with Gasteiger partial charge >= 0.3 is 0 Å². The number of nitrogens with zero attached hydrogens (tertiary/aromatic N) is 3. The molecule has 0 radical (unpaired) electrons. The van der Waals surface area contributed by atoms with E-state index in [1.165, 1.54) is 44.7 Å². The van der Waals surface area contributed by atoms with Crippen molar-refractivity contribution in [1.29, 1.82) is 0 Å². The van der Waals surface area contributed by atoms with Crippen molar-refractivity contribution in [3.05, 3.63) is 24.1 Å². The summed E-state index contributed by atoms with van der Waals surface area (Å²) in [4.78, 5) is 9.06. The van der Waals surface area contributed by atoms with Crippen LogP contribution in [0.4, 0.5) is 10.2 Å². The van der Waals surface area contributed by atoms with Crippen LogP contribution in [0.3, 0.4) is 0 Å². The summed E-state index contributed by atoms with van der Waals surface area (Å²) in [5.74, 6) is 2.20. The number of pyridine rings is 1. The number of halogens is 1. The zero-order valence-corrected chi connectivity index (χ0v) is 12.5. The Labute approximate surface area is 126 Å². The van der Waals surface area contributed by atoms with Gasteiger partial charge in [0.25, 0.3) is 0 Å². The number of fused-ring (bicyclic) bond motifs is 2. The summed E-state index contributed by atoms with van der Waals surface area (Å²) >= 11 is 0. The highest BCUT2D eigenvalue weighted by atomic mass is 19.1. The quantitative estimate of drug-likeness (QED) is 0.792. The number of aromatic nitrogens is 1. The van der Waals surface area contributed by atoms with Gasteiger partial charge in [0, 0.05) is 38.4 Å². The Morgan fingerprint density at radius 3 is 2.81 bits per heavy atom. The van der Waals surface area contributed by atoms with Crippen LogP contribution < -0.4 is 4.90 Å². The minimum absolute atomic E-state index is 0.183. The van der Waals surface area contributed by atoms with Crippen molar-refractivity contribution in [2.45, 2.75) is 38.1 Å². The molecule has 3 fully saturated rings. The highest BCUT2D eigenvalue weighted by molar-refractivity contribution is 5.40. The summed E-state index contributed by atoms with van der Waals surface area (Å²) in [6.45, 7) is 4.18. The van der Waals surface area contributed by atoms with Crippen molar-refractivity contribution in [3.8, 4) is 0 Å². The Morgan fingerprint density at radius 2 is 1.95 bits per heavy atom. The highest BCUT2D eigenvalue weighted by Crippen LogP contribution is 2.39. The molecule has 2 saturated heterocycles. The number of hydrogen-bond donors (Lipinski definition) is 0. The van der Waals surface area contributed by atoms with Gasteiger partial charge in [-0.3, -0.25) is 4.90 Å². The third-order valence-corrected chi connectivity index (χ3v) is 5.75. The first-order chi connectivity index (χ1) is 10.3. The average Bonchev–Trinajstić information content (AvgIpc) is 2.53. The molecule has 3 heterocycles. The van der Waals surface area contributed by atoms with E-state index in [0.717, 1.165) is 31.5 Å². The average molecular weight is 289 g/mol. The fourth-order valence-corrected chi connectivity index (χ4v) is 4.65. The van der Waals surface area contributed by atoms with Crippen LogP contribution >= 0.6 is 0 Å². The monoisotopic (exact) mass is 289 g/mol. The Hall–Kier alpha value is -1.16. The van der Waals surface area contributed by atoms with Crippen LogP contribution in [0.2, 0.25) is 0 Å². The Morgan fingerprint density at radius 1 is 1.10 bits per heavy atom. The molecule has 2 aliphatic heterocycles. The minimum Gasteiger partial charge on any atom is -0.351 e. The molecule has 4 rings (SSSR count). The normalized spacial score (nSPS) is 33.4. The largest absolute Gasteiger partial charge is 0.351 e. The van der Waals surface area contributed by atoms with Crippen LogP contribution in [0.25, 0.3) is 0 Å². The molecule has 3 atom stereocenters. The molecule has 3 aliphatic rings. The van der Waals surface area contributed by atoms with Gasteiger partial charge in [-0.2, -0.15) is 0 Å². The Kier molecular flexibility index (Phi) is 3.57. The van der Waals surface area contributed by atoms with Gasteiger partial charge in [0.2, 0.25) is 0 Å². The first kappa shape index (κ1) is 13.5. The van der Waals surface area contributed by atoms with Crippen LogP contribution in [-0.4, -0.2) is 42.1 Å². The second-order valence-corrected chi connectivity index (χ2v) is 6.94. The maximum atomic E-state index is 13.9. The van der Waals surface area contributed by atoms with E-state index < -0.39 is 0 Å². The van der Waals surface area contributed by atoms with E-state index in [4.69, 9.17) is 0 Å². The van der Waals surface area contributed by atoms with Crippen molar-refractivity contribution < 1.29 is 4.39 Å². The molecular weight excluding hydrogens is 265 g/mol. The number of anilines is 1. The smallest absolute Gasteiger partial charge is 0.165 e. The van der Waals surface area contributed by atoms with E-state index in [1.54, 1.807) is 12.3 Å². The van der Waals surface area contributed by atoms with Gasteiger partial charge in [0.1, 0.15) is 0 Å². The third kappa shape index (κ3) is 2.54. The van der Waals surface area contributed by atoms with Gasteiger partial charge in [-0.25, -0.2) is 9.37 Å². The summed E-state index contributed by atoms with van der Waals surface area (Å²) in [6, 6.07) is 3.79.